The first-order valence-electron chi connectivity index (χ1n) is 11.6. The number of urea groups is 1. The van der Waals surface area contributed by atoms with Gasteiger partial charge in [0.25, 0.3) is 5.91 Å². The van der Waals surface area contributed by atoms with Crippen LogP contribution in [0.3, 0.4) is 0 Å². The number of hydrogen-bond acceptors (Lipinski definition) is 6. The number of amides is 7. The standard InChI is InChI=1S/C12H24N4O3.C10H17NO2.CH3NO/c1-8(2)10(15-7-17)11(18)16-9(3)5-4-6-14-12(13)19;1-3-5-6-8-11(9-12)10(13)7-4-2;2-1-3/h7-10H,4-6H2,1-3H3,(H,15,17)(H,16,18)(H3,13,14,19);4,7,9H,3,5-6,8H2,1-2H3;1H,(H2,2,3)/b;7-4-;. The first-order chi connectivity index (χ1) is 16.6. The molecule has 0 aliphatic heterocycles. The van der Waals surface area contributed by atoms with Crippen LogP contribution in [0.5, 0.6) is 0 Å². The lowest BCUT2D eigenvalue weighted by Gasteiger charge is -2.22. The molecule has 7 amide bonds. The van der Waals surface area contributed by atoms with E-state index in [0.29, 0.717) is 25.9 Å². The number of carbonyl (C=O) groups excluding carboxylic acids is 6. The molecule has 0 saturated heterocycles. The minimum absolute atomic E-state index is 0.0222. The maximum Gasteiger partial charge on any atom is 0.312 e. The summed E-state index contributed by atoms with van der Waals surface area (Å²) in [5.41, 5.74) is 9.10. The number of nitrogens with two attached hydrogens (primary N) is 2. The molecule has 35 heavy (non-hydrogen) atoms. The number of unbranched alkanes of at least 4 members (excludes halogenated alkanes) is 2. The van der Waals surface area contributed by atoms with E-state index in [1.54, 1.807) is 13.0 Å². The van der Waals surface area contributed by atoms with Crippen LogP contribution in [-0.4, -0.2) is 67.1 Å². The molecule has 0 aromatic carbocycles. The summed E-state index contributed by atoms with van der Waals surface area (Å²) in [5, 5.41) is 7.82. The number of hydrogen-bond donors (Lipinski definition) is 5. The quantitative estimate of drug-likeness (QED) is 0.124. The summed E-state index contributed by atoms with van der Waals surface area (Å²) in [7, 11) is 0. The van der Waals surface area contributed by atoms with Crippen molar-refractivity contribution in [1.29, 1.82) is 0 Å². The molecular formula is C23H44N6O6. The fourth-order valence-electron chi connectivity index (χ4n) is 2.65. The Morgan fingerprint density at radius 1 is 1.03 bits per heavy atom. The molecule has 2 unspecified atom stereocenters. The molecule has 0 heterocycles. The van der Waals surface area contributed by atoms with Gasteiger partial charge in [-0.25, -0.2) is 4.79 Å². The van der Waals surface area contributed by atoms with E-state index in [-0.39, 0.29) is 30.2 Å². The van der Waals surface area contributed by atoms with Crippen molar-refractivity contribution in [2.75, 3.05) is 13.1 Å². The van der Waals surface area contributed by atoms with Gasteiger partial charge in [0.05, 0.1) is 0 Å². The van der Waals surface area contributed by atoms with E-state index in [0.717, 1.165) is 32.1 Å². The zero-order valence-electron chi connectivity index (χ0n) is 21.6. The van der Waals surface area contributed by atoms with E-state index in [9.17, 15) is 24.0 Å². The predicted molar refractivity (Wildman–Crippen MR) is 135 cm³/mol. The van der Waals surface area contributed by atoms with Crippen LogP contribution in [0.15, 0.2) is 12.2 Å². The van der Waals surface area contributed by atoms with Gasteiger partial charge in [-0.15, -0.1) is 0 Å². The molecule has 0 aromatic heterocycles. The molecule has 0 radical (unpaired) electrons. The second-order valence-corrected chi connectivity index (χ2v) is 7.83. The molecule has 0 aliphatic carbocycles. The fraction of sp³-hybridized carbons (Fsp3) is 0.652. The van der Waals surface area contributed by atoms with Crippen molar-refractivity contribution < 1.29 is 28.8 Å². The summed E-state index contributed by atoms with van der Waals surface area (Å²) in [5.74, 6) is -0.403. The van der Waals surface area contributed by atoms with Gasteiger partial charge in [-0.05, 0) is 45.1 Å². The molecular weight excluding hydrogens is 456 g/mol. The van der Waals surface area contributed by atoms with Gasteiger partial charge in [0.2, 0.25) is 25.1 Å². The summed E-state index contributed by atoms with van der Waals surface area (Å²) in [6.07, 6.45) is 8.88. The SMILES string of the molecule is C/C=C\C(=O)N(C=O)CCCCC.CC(CCCNC(N)=O)NC(=O)C(NC=O)C(C)C.NC=O. The molecule has 0 aliphatic rings. The highest BCUT2D eigenvalue weighted by Gasteiger charge is 2.22. The molecule has 0 fully saturated rings. The van der Waals surface area contributed by atoms with E-state index in [2.05, 4.69) is 28.6 Å². The molecule has 202 valence electrons. The number of rotatable bonds is 15. The molecule has 7 N–H and O–H groups in total. The average molecular weight is 501 g/mol. The highest BCUT2D eigenvalue weighted by Crippen LogP contribution is 2.03. The first-order valence-corrected chi connectivity index (χ1v) is 11.6. The Morgan fingerprint density at radius 2 is 1.63 bits per heavy atom. The van der Waals surface area contributed by atoms with Crippen molar-refractivity contribution in [3.8, 4) is 0 Å². The Balaban J connectivity index is -0.000000555. The van der Waals surface area contributed by atoms with Gasteiger partial charge in [-0.1, -0.05) is 39.7 Å². The summed E-state index contributed by atoms with van der Waals surface area (Å²) >= 11 is 0. The normalized spacial score (nSPS) is 11.5. The monoisotopic (exact) mass is 500 g/mol. The molecule has 0 aromatic rings. The largest absolute Gasteiger partial charge is 0.372 e. The Bertz CT molecular complexity index is 642. The van der Waals surface area contributed by atoms with Crippen LogP contribution in [0, 0.1) is 5.92 Å². The smallest absolute Gasteiger partial charge is 0.312 e. The first kappa shape index (κ1) is 36.1. The van der Waals surface area contributed by atoms with Crippen LogP contribution in [-0.2, 0) is 24.0 Å². The Labute approximate surface area is 208 Å². The summed E-state index contributed by atoms with van der Waals surface area (Å²) < 4.78 is 0. The van der Waals surface area contributed by atoms with Gasteiger partial charge in [0.1, 0.15) is 6.04 Å². The van der Waals surface area contributed by atoms with E-state index < -0.39 is 12.1 Å². The Hall–Kier alpha value is -3.44. The third kappa shape index (κ3) is 23.5. The molecule has 0 rings (SSSR count). The van der Waals surface area contributed by atoms with Gasteiger partial charge in [-0.2, -0.15) is 0 Å². The van der Waals surface area contributed by atoms with E-state index in [1.807, 2.05) is 20.8 Å². The second-order valence-electron chi connectivity index (χ2n) is 7.83. The summed E-state index contributed by atoms with van der Waals surface area (Å²) in [6.45, 7) is 10.5. The van der Waals surface area contributed by atoms with E-state index in [4.69, 9.17) is 10.5 Å². The van der Waals surface area contributed by atoms with Gasteiger partial charge in [0.15, 0.2) is 0 Å². The number of primary amides is 2. The van der Waals surface area contributed by atoms with E-state index in [1.165, 1.54) is 11.0 Å². The predicted octanol–water partition coefficient (Wildman–Crippen LogP) is 0.549. The number of nitrogens with one attached hydrogen (secondary N) is 3. The molecule has 2 atom stereocenters. The number of carbonyl (C=O) groups is 6. The van der Waals surface area contributed by atoms with Gasteiger partial charge < -0.3 is 27.4 Å². The van der Waals surface area contributed by atoms with Crippen LogP contribution in [0.2, 0.25) is 0 Å². The zero-order chi connectivity index (χ0) is 27.6. The van der Waals surface area contributed by atoms with Crippen molar-refractivity contribution >= 4 is 37.1 Å². The van der Waals surface area contributed by atoms with Gasteiger partial charge in [-0.3, -0.25) is 28.9 Å². The maximum atomic E-state index is 11.9. The van der Waals surface area contributed by atoms with Crippen LogP contribution in [0.4, 0.5) is 4.79 Å². The topological polar surface area (TPSA) is 194 Å². The summed E-state index contributed by atoms with van der Waals surface area (Å²) in [4.78, 5) is 64.3. The lowest BCUT2D eigenvalue weighted by atomic mass is 10.0. The fourth-order valence-corrected chi connectivity index (χ4v) is 2.65. The maximum absolute atomic E-state index is 11.9. The van der Waals surface area contributed by atoms with Crippen molar-refractivity contribution in [3.05, 3.63) is 12.2 Å². The molecule has 0 bridgehead atoms. The Morgan fingerprint density at radius 3 is 2.06 bits per heavy atom. The van der Waals surface area contributed by atoms with Gasteiger partial charge >= 0.3 is 6.03 Å². The van der Waals surface area contributed by atoms with Gasteiger partial charge in [0, 0.05) is 19.1 Å². The number of imide groups is 1. The van der Waals surface area contributed by atoms with Crippen molar-refractivity contribution in [3.63, 3.8) is 0 Å². The average Bonchev–Trinajstić information content (AvgIpc) is 2.78. The zero-order valence-corrected chi connectivity index (χ0v) is 21.6. The lowest BCUT2D eigenvalue weighted by Crippen LogP contribution is -2.49. The molecule has 0 spiro atoms. The van der Waals surface area contributed by atoms with Crippen molar-refractivity contribution in [2.24, 2.45) is 17.4 Å². The molecule has 12 nitrogen and oxygen atoms in total. The third-order valence-corrected chi connectivity index (χ3v) is 4.42. The highest BCUT2D eigenvalue weighted by molar-refractivity contribution is 5.94. The van der Waals surface area contributed by atoms with Crippen molar-refractivity contribution in [1.82, 2.24) is 20.9 Å². The molecule has 12 heteroatoms. The minimum atomic E-state index is -0.549. The molecule has 0 saturated carbocycles. The van der Waals surface area contributed by atoms with Crippen LogP contribution < -0.4 is 27.4 Å². The number of allylic oxidation sites excluding steroid dienone is 1. The van der Waals surface area contributed by atoms with Crippen LogP contribution in [0.25, 0.3) is 0 Å². The van der Waals surface area contributed by atoms with Crippen LogP contribution >= 0.6 is 0 Å². The number of nitrogens with zero attached hydrogens (tertiary/aromatic N) is 1. The van der Waals surface area contributed by atoms with E-state index >= 15 is 0 Å². The van der Waals surface area contributed by atoms with Crippen molar-refractivity contribution in [2.45, 2.75) is 78.8 Å². The third-order valence-electron chi connectivity index (χ3n) is 4.42. The Kier molecular flexibility index (Phi) is 26.0. The minimum Gasteiger partial charge on any atom is -0.372 e. The van der Waals surface area contributed by atoms with Crippen LogP contribution in [0.1, 0.15) is 66.7 Å². The summed E-state index contributed by atoms with van der Waals surface area (Å²) in [6, 6.07) is -1.10. The second kappa shape index (κ2) is 25.2. The lowest BCUT2D eigenvalue weighted by molar-refractivity contribution is -0.134. The highest BCUT2D eigenvalue weighted by atomic mass is 16.2.